The molecule has 0 radical (unpaired) electrons. The van der Waals surface area contributed by atoms with Crippen molar-refractivity contribution >= 4 is 17.5 Å². The molecule has 3 heteroatoms. The molecule has 17 heavy (non-hydrogen) atoms. The number of hydrogen-bond donors (Lipinski definition) is 0. The third-order valence-corrected chi connectivity index (χ3v) is 5.68. The maximum atomic E-state index is 12.2. The van der Waals surface area contributed by atoms with Gasteiger partial charge in [0.15, 0.2) is 0 Å². The Labute approximate surface area is 110 Å². The molecule has 0 N–H and O–H groups in total. The molecule has 1 aliphatic carbocycles. The lowest BCUT2D eigenvalue weighted by Crippen LogP contribution is -2.41. The van der Waals surface area contributed by atoms with Gasteiger partial charge in [0, 0.05) is 42.0 Å². The summed E-state index contributed by atoms with van der Waals surface area (Å²) in [4.78, 5) is 14.7. The van der Waals surface area contributed by atoms with Gasteiger partial charge in [0.1, 0.15) is 5.78 Å². The van der Waals surface area contributed by atoms with Crippen LogP contribution in [-0.4, -0.2) is 41.3 Å². The smallest absolute Gasteiger partial charge is 0.142 e. The Kier molecular flexibility index (Phi) is 4.19. The number of Topliss-reactive ketones (excluding diaryl/α,β-unsaturated/α-hetero) is 1. The molecule has 1 saturated heterocycles. The quantitative estimate of drug-likeness (QED) is 0.773. The van der Waals surface area contributed by atoms with Crippen LogP contribution in [0.4, 0.5) is 0 Å². The van der Waals surface area contributed by atoms with E-state index >= 15 is 0 Å². The van der Waals surface area contributed by atoms with Gasteiger partial charge in [-0.2, -0.15) is 11.8 Å². The van der Waals surface area contributed by atoms with E-state index in [4.69, 9.17) is 0 Å². The summed E-state index contributed by atoms with van der Waals surface area (Å²) >= 11 is 2.10. The van der Waals surface area contributed by atoms with Crippen LogP contribution in [0.3, 0.4) is 0 Å². The third-order valence-electron chi connectivity index (χ3n) is 4.31. The lowest BCUT2D eigenvalue weighted by Gasteiger charge is -2.33. The number of carbonyl (C=O) groups excluding carboxylic acids is 1. The molecule has 98 valence electrons. The second-order valence-electron chi connectivity index (χ2n) is 6.14. The topological polar surface area (TPSA) is 20.3 Å². The zero-order chi connectivity index (χ0) is 12.5. The number of hydrogen-bond acceptors (Lipinski definition) is 3. The van der Waals surface area contributed by atoms with Crippen molar-refractivity contribution in [3.8, 4) is 0 Å². The van der Waals surface area contributed by atoms with Gasteiger partial charge in [-0.05, 0) is 19.3 Å². The molecule has 2 fully saturated rings. The molecule has 0 aromatic carbocycles. The van der Waals surface area contributed by atoms with Crippen molar-refractivity contribution in [2.24, 2.45) is 11.3 Å². The van der Waals surface area contributed by atoms with E-state index in [-0.39, 0.29) is 5.41 Å². The molecule has 1 aliphatic heterocycles. The molecule has 0 aromatic heterocycles. The van der Waals surface area contributed by atoms with Crippen molar-refractivity contribution in [3.63, 3.8) is 0 Å². The van der Waals surface area contributed by atoms with Gasteiger partial charge >= 0.3 is 0 Å². The molecule has 2 unspecified atom stereocenters. The normalized spacial score (nSPS) is 34.2. The van der Waals surface area contributed by atoms with Gasteiger partial charge in [0.25, 0.3) is 0 Å². The molecule has 1 heterocycles. The molecule has 0 amide bonds. The maximum absolute atomic E-state index is 12.2. The minimum Gasteiger partial charge on any atom is -0.301 e. The number of ketones is 1. The highest BCUT2D eigenvalue weighted by Gasteiger charge is 2.41. The van der Waals surface area contributed by atoms with Crippen molar-refractivity contribution in [1.82, 2.24) is 4.90 Å². The molecule has 2 rings (SSSR count). The maximum Gasteiger partial charge on any atom is 0.142 e. The molecule has 0 aromatic rings. The molecule has 2 aliphatic rings. The number of carbonyl (C=O) groups is 1. The SMILES string of the molecule is CCC1CN(CC2CCC(C)(C)C2=O)CCS1. The Morgan fingerprint density at radius 3 is 2.82 bits per heavy atom. The largest absolute Gasteiger partial charge is 0.301 e. The van der Waals surface area contributed by atoms with Gasteiger partial charge in [-0.15, -0.1) is 0 Å². The Balaban J connectivity index is 1.87. The fourth-order valence-electron chi connectivity index (χ4n) is 3.02. The predicted octanol–water partition coefficient (Wildman–Crippen LogP) is 2.82. The van der Waals surface area contributed by atoms with Gasteiger partial charge in [0.05, 0.1) is 0 Å². The number of nitrogens with zero attached hydrogens (tertiary/aromatic N) is 1. The van der Waals surface area contributed by atoms with Crippen LogP contribution in [0.25, 0.3) is 0 Å². The molecule has 0 bridgehead atoms. The highest BCUT2D eigenvalue weighted by atomic mass is 32.2. The van der Waals surface area contributed by atoms with Crippen LogP contribution >= 0.6 is 11.8 Å². The van der Waals surface area contributed by atoms with Crippen molar-refractivity contribution in [2.45, 2.75) is 45.3 Å². The lowest BCUT2D eigenvalue weighted by atomic mass is 9.89. The summed E-state index contributed by atoms with van der Waals surface area (Å²) in [5.74, 6) is 2.05. The summed E-state index contributed by atoms with van der Waals surface area (Å²) in [6.45, 7) is 9.85. The van der Waals surface area contributed by atoms with Crippen LogP contribution in [0.1, 0.15) is 40.0 Å². The van der Waals surface area contributed by atoms with Gasteiger partial charge in [-0.3, -0.25) is 4.79 Å². The highest BCUT2D eigenvalue weighted by molar-refractivity contribution is 8.00. The van der Waals surface area contributed by atoms with Crippen molar-refractivity contribution < 1.29 is 4.79 Å². The van der Waals surface area contributed by atoms with Crippen LogP contribution in [-0.2, 0) is 4.79 Å². The number of rotatable bonds is 3. The molecular weight excluding hydrogens is 230 g/mol. The van der Waals surface area contributed by atoms with E-state index in [0.29, 0.717) is 11.7 Å². The monoisotopic (exact) mass is 255 g/mol. The van der Waals surface area contributed by atoms with Crippen LogP contribution in [0.5, 0.6) is 0 Å². The Hall–Kier alpha value is -0.0200. The van der Waals surface area contributed by atoms with Gasteiger partial charge in [-0.25, -0.2) is 0 Å². The average molecular weight is 255 g/mol. The Morgan fingerprint density at radius 1 is 1.47 bits per heavy atom. The van der Waals surface area contributed by atoms with Crippen molar-refractivity contribution in [1.29, 1.82) is 0 Å². The summed E-state index contributed by atoms with van der Waals surface area (Å²) in [5.41, 5.74) is -0.0562. The Morgan fingerprint density at radius 2 is 2.24 bits per heavy atom. The zero-order valence-corrected chi connectivity index (χ0v) is 12.2. The first-order valence-electron chi connectivity index (χ1n) is 6.91. The fourth-order valence-corrected chi connectivity index (χ4v) is 4.27. The second kappa shape index (κ2) is 5.31. The van der Waals surface area contributed by atoms with E-state index in [2.05, 4.69) is 37.4 Å². The summed E-state index contributed by atoms with van der Waals surface area (Å²) in [6.07, 6.45) is 3.44. The summed E-state index contributed by atoms with van der Waals surface area (Å²) in [7, 11) is 0. The van der Waals surface area contributed by atoms with E-state index in [1.165, 1.54) is 25.3 Å². The van der Waals surface area contributed by atoms with Crippen molar-refractivity contribution in [2.75, 3.05) is 25.4 Å². The van der Waals surface area contributed by atoms with Crippen molar-refractivity contribution in [3.05, 3.63) is 0 Å². The molecule has 0 spiro atoms. The van der Waals surface area contributed by atoms with E-state index in [0.717, 1.165) is 24.6 Å². The standard InChI is InChI=1S/C14H25NOS/c1-4-12-10-15(7-8-17-12)9-11-5-6-14(2,3)13(11)16/h11-12H,4-10H2,1-3H3. The van der Waals surface area contributed by atoms with Gasteiger partial charge in [0.2, 0.25) is 0 Å². The van der Waals surface area contributed by atoms with Gasteiger partial charge < -0.3 is 4.90 Å². The summed E-state index contributed by atoms with van der Waals surface area (Å²) < 4.78 is 0. The Bertz CT molecular complexity index is 290. The summed E-state index contributed by atoms with van der Waals surface area (Å²) in [6, 6.07) is 0. The minimum absolute atomic E-state index is 0.0562. The minimum atomic E-state index is -0.0562. The molecule has 1 saturated carbocycles. The second-order valence-corrected chi connectivity index (χ2v) is 7.55. The fraction of sp³-hybridized carbons (Fsp3) is 0.929. The summed E-state index contributed by atoms with van der Waals surface area (Å²) in [5, 5.41) is 0.785. The van der Waals surface area contributed by atoms with Crippen LogP contribution in [0.15, 0.2) is 0 Å². The molecule has 2 atom stereocenters. The molecule has 2 nitrogen and oxygen atoms in total. The van der Waals surface area contributed by atoms with E-state index in [1.54, 1.807) is 0 Å². The van der Waals surface area contributed by atoms with E-state index in [1.807, 2.05) is 0 Å². The van der Waals surface area contributed by atoms with Crippen LogP contribution in [0.2, 0.25) is 0 Å². The lowest BCUT2D eigenvalue weighted by molar-refractivity contribution is -0.127. The first kappa shape index (κ1) is 13.4. The first-order valence-corrected chi connectivity index (χ1v) is 7.96. The zero-order valence-electron chi connectivity index (χ0n) is 11.4. The van der Waals surface area contributed by atoms with Crippen LogP contribution < -0.4 is 0 Å². The van der Waals surface area contributed by atoms with E-state index in [9.17, 15) is 4.79 Å². The van der Waals surface area contributed by atoms with E-state index < -0.39 is 0 Å². The highest BCUT2D eigenvalue weighted by Crippen LogP contribution is 2.38. The van der Waals surface area contributed by atoms with Gasteiger partial charge in [-0.1, -0.05) is 20.8 Å². The first-order chi connectivity index (χ1) is 8.03. The number of thioether (sulfide) groups is 1. The predicted molar refractivity (Wildman–Crippen MR) is 74.5 cm³/mol. The van der Waals surface area contributed by atoms with Crippen LogP contribution in [0, 0.1) is 11.3 Å². The average Bonchev–Trinajstić information content (AvgIpc) is 2.57. The molecular formula is C14H25NOS. The third kappa shape index (κ3) is 3.05.